The molecule has 0 radical (unpaired) electrons. The molecule has 2 N–H and O–H groups in total. The molecule has 1 aromatic rings. The standard InChI is InChI=1S/C18H23N3O4/c1-2-18(14-6-4-3-5-7-14)15(22)19-17(24)21(16(18)23)9-8-20-10-12-25-13-11-20/h3-7H,2,8-13H2,1H3,(H,19,22,24)/p+1/t18-/m1/s1. The summed E-state index contributed by atoms with van der Waals surface area (Å²) in [6.07, 6.45) is 0.301. The van der Waals surface area contributed by atoms with Gasteiger partial charge in [0.25, 0.3) is 5.91 Å². The molecule has 0 aromatic heterocycles. The molecular weight excluding hydrogens is 322 g/mol. The smallest absolute Gasteiger partial charge is 0.331 e. The van der Waals surface area contributed by atoms with E-state index in [0.717, 1.165) is 13.1 Å². The van der Waals surface area contributed by atoms with Crippen LogP contribution in [-0.4, -0.2) is 62.1 Å². The number of rotatable bonds is 5. The van der Waals surface area contributed by atoms with E-state index in [2.05, 4.69) is 5.32 Å². The van der Waals surface area contributed by atoms with Gasteiger partial charge in [0, 0.05) is 0 Å². The third-order valence-electron chi connectivity index (χ3n) is 5.15. The van der Waals surface area contributed by atoms with Gasteiger partial charge < -0.3 is 9.64 Å². The Balaban J connectivity index is 1.83. The van der Waals surface area contributed by atoms with Crippen LogP contribution in [0.2, 0.25) is 0 Å². The van der Waals surface area contributed by atoms with E-state index >= 15 is 0 Å². The quantitative estimate of drug-likeness (QED) is 0.693. The molecule has 0 unspecified atom stereocenters. The number of amides is 4. The van der Waals surface area contributed by atoms with Crippen LogP contribution in [0, 0.1) is 0 Å². The van der Waals surface area contributed by atoms with Crippen LogP contribution in [0.15, 0.2) is 30.3 Å². The second-order valence-corrected chi connectivity index (χ2v) is 6.45. The second-order valence-electron chi connectivity index (χ2n) is 6.45. The first-order chi connectivity index (χ1) is 12.1. The van der Waals surface area contributed by atoms with Crippen LogP contribution in [0.5, 0.6) is 0 Å². The normalized spacial score (nSPS) is 25.2. The van der Waals surface area contributed by atoms with E-state index in [4.69, 9.17) is 4.74 Å². The lowest BCUT2D eigenvalue weighted by molar-refractivity contribution is -0.907. The van der Waals surface area contributed by atoms with Crippen LogP contribution < -0.4 is 10.2 Å². The Morgan fingerprint density at radius 1 is 1.16 bits per heavy atom. The van der Waals surface area contributed by atoms with Crippen molar-refractivity contribution in [2.45, 2.75) is 18.8 Å². The molecule has 25 heavy (non-hydrogen) atoms. The topological polar surface area (TPSA) is 80.2 Å². The highest BCUT2D eigenvalue weighted by Gasteiger charge is 2.53. The summed E-state index contributed by atoms with van der Waals surface area (Å²) in [5.41, 5.74) is -0.716. The van der Waals surface area contributed by atoms with Gasteiger partial charge in [-0.2, -0.15) is 0 Å². The Labute approximate surface area is 146 Å². The maximum atomic E-state index is 13.2. The molecule has 2 aliphatic heterocycles. The van der Waals surface area contributed by atoms with Crippen LogP contribution >= 0.6 is 0 Å². The molecular formula is C18H24N3O4+. The van der Waals surface area contributed by atoms with Gasteiger partial charge in [-0.25, -0.2) is 4.79 Å². The van der Waals surface area contributed by atoms with Gasteiger partial charge in [0.2, 0.25) is 5.91 Å². The Morgan fingerprint density at radius 2 is 1.84 bits per heavy atom. The van der Waals surface area contributed by atoms with Crippen LogP contribution in [-0.2, 0) is 19.7 Å². The van der Waals surface area contributed by atoms with Gasteiger partial charge in [0.05, 0.1) is 26.3 Å². The Morgan fingerprint density at radius 3 is 2.48 bits per heavy atom. The Hall–Kier alpha value is -2.25. The summed E-state index contributed by atoms with van der Waals surface area (Å²) in [6, 6.07) is 8.34. The zero-order valence-electron chi connectivity index (χ0n) is 14.4. The lowest BCUT2D eigenvalue weighted by atomic mass is 9.75. The number of urea groups is 1. The van der Waals surface area contributed by atoms with Crippen molar-refractivity contribution in [1.29, 1.82) is 0 Å². The molecule has 2 heterocycles. The van der Waals surface area contributed by atoms with E-state index in [9.17, 15) is 14.4 Å². The lowest BCUT2D eigenvalue weighted by Gasteiger charge is -2.39. The van der Waals surface area contributed by atoms with Gasteiger partial charge in [-0.15, -0.1) is 0 Å². The number of imide groups is 2. The fourth-order valence-electron chi connectivity index (χ4n) is 3.57. The molecule has 0 bridgehead atoms. The summed E-state index contributed by atoms with van der Waals surface area (Å²) in [7, 11) is 0. The zero-order chi connectivity index (χ0) is 17.9. The Bertz CT molecular complexity index is 658. The maximum Gasteiger partial charge on any atom is 0.331 e. The number of quaternary nitrogens is 1. The SMILES string of the molecule is CC[C@@]1(c2ccccc2)C(=O)NC(=O)N(CC[NH+]2CCOCC2)C1=O. The number of carbonyl (C=O) groups excluding carboxylic acids is 3. The van der Waals surface area contributed by atoms with Crippen molar-refractivity contribution in [2.75, 3.05) is 39.4 Å². The van der Waals surface area contributed by atoms with Crippen molar-refractivity contribution in [1.82, 2.24) is 10.2 Å². The highest BCUT2D eigenvalue weighted by molar-refractivity contribution is 6.22. The molecule has 0 saturated carbocycles. The average Bonchev–Trinajstić information content (AvgIpc) is 2.64. The number of benzene rings is 1. The summed E-state index contributed by atoms with van der Waals surface area (Å²) in [5, 5.41) is 2.38. The molecule has 0 spiro atoms. The first-order valence-electron chi connectivity index (χ1n) is 8.74. The van der Waals surface area contributed by atoms with Crippen molar-refractivity contribution in [3.63, 3.8) is 0 Å². The fourth-order valence-corrected chi connectivity index (χ4v) is 3.57. The molecule has 1 atom stereocenters. The molecule has 1 aromatic carbocycles. The fraction of sp³-hybridized carbons (Fsp3) is 0.500. The third-order valence-corrected chi connectivity index (χ3v) is 5.15. The number of nitrogens with one attached hydrogen (secondary N) is 2. The summed E-state index contributed by atoms with van der Waals surface area (Å²) < 4.78 is 5.33. The van der Waals surface area contributed by atoms with Gasteiger partial charge in [-0.1, -0.05) is 37.3 Å². The van der Waals surface area contributed by atoms with Crippen molar-refractivity contribution < 1.29 is 24.0 Å². The lowest BCUT2D eigenvalue weighted by Crippen LogP contribution is -3.14. The van der Waals surface area contributed by atoms with Gasteiger partial charge in [-0.3, -0.25) is 19.8 Å². The predicted molar refractivity (Wildman–Crippen MR) is 90.0 cm³/mol. The Kier molecular flexibility index (Phi) is 5.15. The van der Waals surface area contributed by atoms with E-state index in [0.29, 0.717) is 38.3 Å². The molecule has 0 aliphatic carbocycles. The molecule has 134 valence electrons. The van der Waals surface area contributed by atoms with Crippen molar-refractivity contribution in [2.24, 2.45) is 0 Å². The molecule has 2 saturated heterocycles. The number of ether oxygens (including phenoxy) is 1. The maximum absolute atomic E-state index is 13.2. The third kappa shape index (κ3) is 3.17. The highest BCUT2D eigenvalue weighted by atomic mass is 16.5. The number of nitrogens with zero attached hydrogens (tertiary/aromatic N) is 1. The van der Waals surface area contributed by atoms with Gasteiger partial charge in [0.1, 0.15) is 13.1 Å². The summed E-state index contributed by atoms with van der Waals surface area (Å²) in [5.74, 6) is -0.964. The minimum absolute atomic E-state index is 0.294. The van der Waals surface area contributed by atoms with Gasteiger partial charge in [-0.05, 0) is 12.0 Å². The minimum atomic E-state index is -1.34. The minimum Gasteiger partial charge on any atom is -0.370 e. The number of hydrogen-bond donors (Lipinski definition) is 2. The van der Waals surface area contributed by atoms with Crippen LogP contribution in [0.4, 0.5) is 4.79 Å². The van der Waals surface area contributed by atoms with Crippen molar-refractivity contribution >= 4 is 17.8 Å². The molecule has 4 amide bonds. The molecule has 2 aliphatic rings. The monoisotopic (exact) mass is 346 g/mol. The first-order valence-corrected chi connectivity index (χ1v) is 8.74. The first kappa shape index (κ1) is 17.6. The molecule has 7 heteroatoms. The van der Waals surface area contributed by atoms with Gasteiger partial charge >= 0.3 is 6.03 Å². The van der Waals surface area contributed by atoms with E-state index in [-0.39, 0.29) is 0 Å². The highest BCUT2D eigenvalue weighted by Crippen LogP contribution is 2.33. The zero-order valence-corrected chi connectivity index (χ0v) is 14.4. The van der Waals surface area contributed by atoms with E-state index in [1.165, 1.54) is 9.80 Å². The van der Waals surface area contributed by atoms with Crippen molar-refractivity contribution in [3.05, 3.63) is 35.9 Å². The molecule has 2 fully saturated rings. The molecule has 7 nitrogen and oxygen atoms in total. The van der Waals surface area contributed by atoms with E-state index in [1.54, 1.807) is 31.2 Å². The van der Waals surface area contributed by atoms with Crippen LogP contribution in [0.3, 0.4) is 0 Å². The number of hydrogen-bond acceptors (Lipinski definition) is 4. The second kappa shape index (κ2) is 7.33. The van der Waals surface area contributed by atoms with Crippen molar-refractivity contribution in [3.8, 4) is 0 Å². The van der Waals surface area contributed by atoms with Crippen LogP contribution in [0.1, 0.15) is 18.9 Å². The van der Waals surface area contributed by atoms with Crippen LogP contribution in [0.25, 0.3) is 0 Å². The number of carbonyl (C=O) groups is 3. The number of morpholine rings is 1. The summed E-state index contributed by atoms with van der Waals surface area (Å²) in [4.78, 5) is 40.6. The van der Waals surface area contributed by atoms with E-state index in [1.807, 2.05) is 6.07 Å². The van der Waals surface area contributed by atoms with E-state index < -0.39 is 23.3 Å². The molecule has 3 rings (SSSR count). The summed E-state index contributed by atoms with van der Waals surface area (Å²) >= 11 is 0. The number of barbiturate groups is 1. The largest absolute Gasteiger partial charge is 0.370 e. The van der Waals surface area contributed by atoms with Gasteiger partial charge in [0.15, 0.2) is 5.41 Å². The predicted octanol–water partition coefficient (Wildman–Crippen LogP) is -0.672. The average molecular weight is 346 g/mol. The summed E-state index contributed by atoms with van der Waals surface area (Å²) in [6.45, 7) is 5.85.